The van der Waals surface area contributed by atoms with E-state index in [0.29, 0.717) is 6.61 Å². The Labute approximate surface area is 104 Å². The molecule has 0 aromatic heterocycles. The van der Waals surface area contributed by atoms with E-state index in [0.717, 1.165) is 30.5 Å². The van der Waals surface area contributed by atoms with Gasteiger partial charge in [0.05, 0.1) is 12.2 Å². The third-order valence-corrected chi connectivity index (χ3v) is 3.55. The Morgan fingerprint density at radius 2 is 1.83 bits per heavy atom. The quantitative estimate of drug-likeness (QED) is 0.905. The number of alkyl halides is 3. The van der Waals surface area contributed by atoms with E-state index in [2.05, 4.69) is 0 Å². The Bertz CT molecular complexity index is 402. The number of ether oxygens (including phenoxy) is 1. The summed E-state index contributed by atoms with van der Waals surface area (Å²) in [5.41, 5.74) is 5.83. The smallest absolute Gasteiger partial charge is 0.384 e. The molecule has 0 atom stereocenters. The maximum atomic E-state index is 12.5. The van der Waals surface area contributed by atoms with Gasteiger partial charge in [-0.15, -0.1) is 0 Å². The third kappa shape index (κ3) is 2.37. The highest BCUT2D eigenvalue weighted by Crippen LogP contribution is 2.43. The zero-order valence-electron chi connectivity index (χ0n) is 10.1. The molecule has 1 fully saturated rings. The first-order valence-electron chi connectivity index (χ1n) is 5.80. The summed E-state index contributed by atoms with van der Waals surface area (Å²) in [7, 11) is 1.59. The van der Waals surface area contributed by atoms with Crippen LogP contribution in [0.4, 0.5) is 13.2 Å². The number of halogens is 3. The number of nitrogens with two attached hydrogens (primary N) is 1. The van der Waals surface area contributed by atoms with E-state index in [1.165, 1.54) is 12.1 Å². The predicted octanol–water partition coefficient (Wildman–Crippen LogP) is 2.71. The zero-order chi connectivity index (χ0) is 13.4. The predicted molar refractivity (Wildman–Crippen MR) is 62.2 cm³/mol. The summed E-state index contributed by atoms with van der Waals surface area (Å²) in [5.74, 6) is 0. The molecule has 1 aromatic carbocycles. The summed E-state index contributed by atoms with van der Waals surface area (Å²) >= 11 is 0. The van der Waals surface area contributed by atoms with Crippen molar-refractivity contribution in [1.82, 2.24) is 0 Å². The lowest BCUT2D eigenvalue weighted by molar-refractivity contribution is -0.137. The van der Waals surface area contributed by atoms with Gasteiger partial charge in [-0.3, -0.25) is 0 Å². The molecule has 0 aliphatic heterocycles. The van der Waals surface area contributed by atoms with Crippen molar-refractivity contribution < 1.29 is 17.9 Å². The van der Waals surface area contributed by atoms with Crippen LogP contribution in [0.1, 0.15) is 24.0 Å². The van der Waals surface area contributed by atoms with Gasteiger partial charge in [0.15, 0.2) is 0 Å². The van der Waals surface area contributed by atoms with Crippen molar-refractivity contribution >= 4 is 0 Å². The zero-order valence-corrected chi connectivity index (χ0v) is 10.1. The minimum Gasteiger partial charge on any atom is -0.384 e. The molecule has 2 nitrogen and oxygen atoms in total. The van der Waals surface area contributed by atoms with Gasteiger partial charge in [0, 0.05) is 18.6 Å². The van der Waals surface area contributed by atoms with Crippen molar-refractivity contribution in [3.63, 3.8) is 0 Å². The molecule has 0 heterocycles. The highest BCUT2D eigenvalue weighted by molar-refractivity contribution is 5.33. The van der Waals surface area contributed by atoms with E-state index in [1.54, 1.807) is 7.11 Å². The molecule has 0 bridgehead atoms. The van der Waals surface area contributed by atoms with Gasteiger partial charge in [-0.05, 0) is 30.5 Å². The van der Waals surface area contributed by atoms with Crippen molar-refractivity contribution in [3.05, 3.63) is 35.4 Å². The van der Waals surface area contributed by atoms with Crippen LogP contribution < -0.4 is 5.73 Å². The summed E-state index contributed by atoms with van der Waals surface area (Å²) in [5, 5.41) is 0. The standard InChI is InChI=1S/C13H16F3NO/c1-18-8-12(6-11(17)7-12)9-2-4-10(5-3-9)13(14,15)16/h2-5,11H,6-8,17H2,1H3. The maximum Gasteiger partial charge on any atom is 0.416 e. The first-order valence-corrected chi connectivity index (χ1v) is 5.80. The summed E-state index contributed by atoms with van der Waals surface area (Å²) in [6, 6.07) is 5.43. The number of hydrogen-bond donors (Lipinski definition) is 1. The highest BCUT2D eigenvalue weighted by atomic mass is 19.4. The Kier molecular flexibility index (Phi) is 3.38. The van der Waals surface area contributed by atoms with Gasteiger partial charge in [0.25, 0.3) is 0 Å². The van der Waals surface area contributed by atoms with Crippen LogP contribution in [0.3, 0.4) is 0 Å². The van der Waals surface area contributed by atoms with E-state index in [4.69, 9.17) is 10.5 Å². The van der Waals surface area contributed by atoms with Crippen LogP contribution in [0, 0.1) is 0 Å². The molecule has 0 saturated heterocycles. The molecule has 1 aliphatic carbocycles. The fourth-order valence-corrected chi connectivity index (χ4v) is 2.67. The summed E-state index contributed by atoms with van der Waals surface area (Å²) in [6.45, 7) is 0.492. The Balaban J connectivity index is 2.23. The van der Waals surface area contributed by atoms with Crippen molar-refractivity contribution in [2.45, 2.75) is 30.5 Å². The van der Waals surface area contributed by atoms with E-state index in [-0.39, 0.29) is 11.5 Å². The second-order valence-corrected chi connectivity index (χ2v) is 4.96. The van der Waals surface area contributed by atoms with Gasteiger partial charge < -0.3 is 10.5 Å². The normalized spacial score (nSPS) is 27.9. The summed E-state index contributed by atoms with van der Waals surface area (Å²) in [4.78, 5) is 0. The van der Waals surface area contributed by atoms with Crippen LogP contribution in [0.25, 0.3) is 0 Å². The van der Waals surface area contributed by atoms with Crippen molar-refractivity contribution in [1.29, 1.82) is 0 Å². The molecule has 2 rings (SSSR count). The maximum absolute atomic E-state index is 12.5. The van der Waals surface area contributed by atoms with Gasteiger partial charge >= 0.3 is 6.18 Å². The molecular formula is C13H16F3NO. The molecule has 5 heteroatoms. The fourth-order valence-electron chi connectivity index (χ4n) is 2.67. The fraction of sp³-hybridized carbons (Fsp3) is 0.538. The lowest BCUT2D eigenvalue weighted by Gasteiger charge is -2.46. The largest absolute Gasteiger partial charge is 0.416 e. The third-order valence-electron chi connectivity index (χ3n) is 3.55. The lowest BCUT2D eigenvalue weighted by atomic mass is 9.62. The average Bonchev–Trinajstić information content (AvgIpc) is 2.26. The van der Waals surface area contributed by atoms with Gasteiger partial charge in [0.1, 0.15) is 0 Å². The molecule has 0 radical (unpaired) electrons. The van der Waals surface area contributed by atoms with Crippen LogP contribution in [-0.2, 0) is 16.3 Å². The second-order valence-electron chi connectivity index (χ2n) is 4.96. The number of methoxy groups -OCH3 is 1. The van der Waals surface area contributed by atoms with Gasteiger partial charge in [-0.1, -0.05) is 12.1 Å². The van der Waals surface area contributed by atoms with Crippen molar-refractivity contribution in [2.75, 3.05) is 13.7 Å². The van der Waals surface area contributed by atoms with Crippen molar-refractivity contribution in [2.24, 2.45) is 5.73 Å². The molecule has 0 unspecified atom stereocenters. The molecule has 2 N–H and O–H groups in total. The number of benzene rings is 1. The van der Waals surface area contributed by atoms with Crippen LogP contribution in [0.5, 0.6) is 0 Å². The minimum absolute atomic E-state index is 0.113. The molecule has 1 aromatic rings. The van der Waals surface area contributed by atoms with Crippen molar-refractivity contribution in [3.8, 4) is 0 Å². The van der Waals surface area contributed by atoms with E-state index in [9.17, 15) is 13.2 Å². The summed E-state index contributed by atoms with van der Waals surface area (Å²) < 4.78 is 42.6. The molecule has 0 spiro atoms. The molecule has 18 heavy (non-hydrogen) atoms. The molecule has 100 valence electrons. The Hall–Kier alpha value is -1.07. The summed E-state index contributed by atoms with van der Waals surface area (Å²) in [6.07, 6.45) is -2.78. The first-order chi connectivity index (χ1) is 8.37. The molecule has 1 aliphatic rings. The molecular weight excluding hydrogens is 243 g/mol. The number of hydrogen-bond acceptors (Lipinski definition) is 2. The highest BCUT2D eigenvalue weighted by Gasteiger charge is 2.44. The van der Waals surface area contributed by atoms with Gasteiger partial charge in [-0.2, -0.15) is 13.2 Å². The van der Waals surface area contributed by atoms with Gasteiger partial charge in [-0.25, -0.2) is 0 Å². The molecule has 0 amide bonds. The van der Waals surface area contributed by atoms with Crippen LogP contribution in [-0.4, -0.2) is 19.8 Å². The number of rotatable bonds is 3. The lowest BCUT2D eigenvalue weighted by Crippen LogP contribution is -2.51. The SMILES string of the molecule is COCC1(c2ccc(C(F)(F)F)cc2)CC(N)C1. The van der Waals surface area contributed by atoms with Crippen LogP contribution in [0.2, 0.25) is 0 Å². The topological polar surface area (TPSA) is 35.2 Å². The van der Waals surface area contributed by atoms with E-state index < -0.39 is 11.7 Å². The Morgan fingerprint density at radius 3 is 2.22 bits per heavy atom. The minimum atomic E-state index is -4.29. The Morgan fingerprint density at radius 1 is 1.28 bits per heavy atom. The van der Waals surface area contributed by atoms with E-state index in [1.807, 2.05) is 0 Å². The first kappa shape index (κ1) is 13.4. The average molecular weight is 259 g/mol. The monoisotopic (exact) mass is 259 g/mol. The second kappa shape index (κ2) is 4.55. The van der Waals surface area contributed by atoms with Crippen LogP contribution >= 0.6 is 0 Å². The van der Waals surface area contributed by atoms with E-state index >= 15 is 0 Å². The van der Waals surface area contributed by atoms with Gasteiger partial charge in [0.2, 0.25) is 0 Å². The van der Waals surface area contributed by atoms with Crippen LogP contribution in [0.15, 0.2) is 24.3 Å². The molecule has 1 saturated carbocycles.